The van der Waals surface area contributed by atoms with E-state index in [1.54, 1.807) is 32.2 Å². The lowest BCUT2D eigenvalue weighted by Gasteiger charge is -2.07. The molecule has 0 unspecified atom stereocenters. The van der Waals surface area contributed by atoms with Crippen molar-refractivity contribution in [1.82, 2.24) is 4.98 Å². The Hall–Kier alpha value is -2.30. The topological polar surface area (TPSA) is 79.4 Å². The van der Waals surface area contributed by atoms with Crippen molar-refractivity contribution < 1.29 is 14.6 Å². The number of hydrogen-bond donors (Lipinski definition) is 2. The molecule has 0 aliphatic heterocycles. The summed E-state index contributed by atoms with van der Waals surface area (Å²) in [5.41, 5.74) is 1.26. The molecule has 0 spiro atoms. The van der Waals surface area contributed by atoms with E-state index in [-0.39, 0.29) is 11.8 Å². The molecule has 2 rings (SSSR count). The minimum absolute atomic E-state index is 0.244. The Bertz CT molecular complexity index is 672. The molecule has 0 bridgehead atoms. The van der Waals surface area contributed by atoms with Gasteiger partial charge in [0.25, 0.3) is 0 Å². The molecule has 94 valence electrons. The Morgan fingerprint density at radius 3 is 2.78 bits per heavy atom. The zero-order valence-electron chi connectivity index (χ0n) is 10.1. The zero-order valence-corrected chi connectivity index (χ0v) is 10.1. The summed E-state index contributed by atoms with van der Waals surface area (Å²) in [5.74, 6) is -0.375. The lowest BCUT2D eigenvalue weighted by molar-refractivity contribution is -0.136. The van der Waals surface area contributed by atoms with Crippen LogP contribution in [0.25, 0.3) is 10.9 Å². The number of carboxylic acids is 1. The summed E-state index contributed by atoms with van der Waals surface area (Å²) in [4.78, 5) is 25.9. The number of nitrogens with one attached hydrogen (secondary N) is 1. The van der Waals surface area contributed by atoms with E-state index in [1.807, 2.05) is 0 Å². The molecule has 5 heteroatoms. The molecule has 0 amide bonds. The van der Waals surface area contributed by atoms with Crippen LogP contribution >= 0.6 is 0 Å². The maximum Gasteiger partial charge on any atom is 0.308 e. The van der Waals surface area contributed by atoms with E-state index >= 15 is 0 Å². The van der Waals surface area contributed by atoms with Gasteiger partial charge in [0.15, 0.2) is 5.43 Å². The largest absolute Gasteiger partial charge is 0.497 e. The molecule has 0 saturated carbocycles. The van der Waals surface area contributed by atoms with Crippen LogP contribution in [0.1, 0.15) is 11.3 Å². The summed E-state index contributed by atoms with van der Waals surface area (Å²) in [6, 6.07) is 5.03. The Morgan fingerprint density at radius 1 is 1.44 bits per heavy atom. The molecule has 2 N–H and O–H groups in total. The van der Waals surface area contributed by atoms with Crippen LogP contribution in [0, 0.1) is 6.92 Å². The quantitative estimate of drug-likeness (QED) is 0.860. The highest BCUT2D eigenvalue weighted by atomic mass is 16.5. The molecule has 0 aliphatic carbocycles. The van der Waals surface area contributed by atoms with Crippen molar-refractivity contribution >= 4 is 16.9 Å². The number of pyridine rings is 1. The van der Waals surface area contributed by atoms with Crippen molar-refractivity contribution in [2.75, 3.05) is 7.11 Å². The summed E-state index contributed by atoms with van der Waals surface area (Å²) in [5, 5.41) is 9.27. The monoisotopic (exact) mass is 247 g/mol. The van der Waals surface area contributed by atoms with Crippen molar-refractivity contribution in [2.24, 2.45) is 0 Å². The molecular weight excluding hydrogens is 234 g/mol. The average Bonchev–Trinajstić information content (AvgIpc) is 2.33. The van der Waals surface area contributed by atoms with Gasteiger partial charge >= 0.3 is 5.97 Å². The fourth-order valence-corrected chi connectivity index (χ4v) is 1.93. The lowest BCUT2D eigenvalue weighted by atomic mass is 10.1. The summed E-state index contributed by atoms with van der Waals surface area (Å²) in [6.07, 6.45) is -0.275. The van der Waals surface area contributed by atoms with E-state index in [4.69, 9.17) is 9.84 Å². The maximum atomic E-state index is 12.2. The Morgan fingerprint density at radius 2 is 2.17 bits per heavy atom. The number of ether oxygens (including phenoxy) is 1. The first-order valence-electron chi connectivity index (χ1n) is 5.44. The van der Waals surface area contributed by atoms with Gasteiger partial charge < -0.3 is 14.8 Å². The minimum Gasteiger partial charge on any atom is -0.497 e. The Labute approximate surface area is 103 Å². The third-order valence-electron chi connectivity index (χ3n) is 2.85. The number of aromatic amines is 1. The number of H-pyrrole nitrogens is 1. The SMILES string of the molecule is COc1ccc2c(=O)c(CC(=O)O)c(C)[nH]c2c1. The highest BCUT2D eigenvalue weighted by Crippen LogP contribution is 2.18. The first-order valence-corrected chi connectivity index (χ1v) is 5.44. The van der Waals surface area contributed by atoms with Crippen molar-refractivity contribution in [3.05, 3.63) is 39.7 Å². The molecule has 0 radical (unpaired) electrons. The van der Waals surface area contributed by atoms with Crippen LogP contribution < -0.4 is 10.2 Å². The van der Waals surface area contributed by atoms with Gasteiger partial charge in [0.05, 0.1) is 19.0 Å². The first-order chi connectivity index (χ1) is 8.52. The predicted molar refractivity (Wildman–Crippen MR) is 67.2 cm³/mol. The second-order valence-electron chi connectivity index (χ2n) is 4.04. The van der Waals surface area contributed by atoms with Gasteiger partial charge in [0.1, 0.15) is 5.75 Å². The van der Waals surface area contributed by atoms with Gasteiger partial charge in [-0.05, 0) is 19.1 Å². The van der Waals surface area contributed by atoms with Crippen LogP contribution in [0.4, 0.5) is 0 Å². The summed E-state index contributed by atoms with van der Waals surface area (Å²) < 4.78 is 5.08. The molecule has 0 aliphatic rings. The number of aromatic nitrogens is 1. The number of hydrogen-bond acceptors (Lipinski definition) is 3. The van der Waals surface area contributed by atoms with Gasteiger partial charge in [-0.15, -0.1) is 0 Å². The number of aliphatic carboxylic acids is 1. The average molecular weight is 247 g/mol. The fraction of sp³-hybridized carbons (Fsp3) is 0.231. The highest BCUT2D eigenvalue weighted by molar-refractivity contribution is 5.82. The number of aryl methyl sites for hydroxylation is 1. The highest BCUT2D eigenvalue weighted by Gasteiger charge is 2.12. The predicted octanol–water partition coefficient (Wildman–Crippen LogP) is 1.47. The molecule has 5 nitrogen and oxygen atoms in total. The maximum absolute atomic E-state index is 12.2. The van der Waals surface area contributed by atoms with Gasteiger partial charge in [-0.25, -0.2) is 0 Å². The smallest absolute Gasteiger partial charge is 0.308 e. The minimum atomic E-state index is -1.02. The third-order valence-corrected chi connectivity index (χ3v) is 2.85. The molecule has 0 atom stereocenters. The van der Waals surface area contributed by atoms with Crippen LogP contribution in [0.5, 0.6) is 5.75 Å². The number of rotatable bonds is 3. The Balaban J connectivity index is 2.71. The molecular formula is C13H13NO4. The van der Waals surface area contributed by atoms with E-state index in [0.717, 1.165) is 0 Å². The molecule has 1 heterocycles. The van der Waals surface area contributed by atoms with Crippen LogP contribution in [-0.2, 0) is 11.2 Å². The number of fused-ring (bicyclic) bond motifs is 1. The van der Waals surface area contributed by atoms with E-state index in [9.17, 15) is 9.59 Å². The Kier molecular flexibility index (Phi) is 3.06. The summed E-state index contributed by atoms with van der Waals surface area (Å²) in [6.45, 7) is 1.69. The van der Waals surface area contributed by atoms with Gasteiger partial charge in [-0.1, -0.05) is 0 Å². The fourth-order valence-electron chi connectivity index (χ4n) is 1.93. The molecule has 18 heavy (non-hydrogen) atoms. The number of methoxy groups -OCH3 is 1. The summed E-state index contributed by atoms with van der Waals surface area (Å²) >= 11 is 0. The van der Waals surface area contributed by atoms with Gasteiger partial charge in [0.2, 0.25) is 0 Å². The zero-order chi connectivity index (χ0) is 13.3. The first kappa shape index (κ1) is 12.2. The molecule has 1 aromatic carbocycles. The van der Waals surface area contributed by atoms with Crippen molar-refractivity contribution in [3.8, 4) is 5.75 Å². The van der Waals surface area contributed by atoms with Crippen LogP contribution in [0.3, 0.4) is 0 Å². The van der Waals surface area contributed by atoms with Gasteiger partial charge in [-0.2, -0.15) is 0 Å². The van der Waals surface area contributed by atoms with Crippen molar-refractivity contribution in [3.63, 3.8) is 0 Å². The number of carbonyl (C=O) groups is 1. The second-order valence-corrected chi connectivity index (χ2v) is 4.04. The van der Waals surface area contributed by atoms with Gasteiger partial charge in [-0.3, -0.25) is 9.59 Å². The molecule has 1 aromatic heterocycles. The normalized spacial score (nSPS) is 10.6. The lowest BCUT2D eigenvalue weighted by Crippen LogP contribution is -2.17. The van der Waals surface area contributed by atoms with Crippen molar-refractivity contribution in [2.45, 2.75) is 13.3 Å². The van der Waals surface area contributed by atoms with E-state index in [0.29, 0.717) is 27.9 Å². The van der Waals surface area contributed by atoms with E-state index in [2.05, 4.69) is 4.98 Å². The van der Waals surface area contributed by atoms with E-state index in [1.165, 1.54) is 0 Å². The van der Waals surface area contributed by atoms with Crippen LogP contribution in [-0.4, -0.2) is 23.2 Å². The molecule has 0 fully saturated rings. The van der Waals surface area contributed by atoms with Crippen molar-refractivity contribution in [1.29, 1.82) is 0 Å². The van der Waals surface area contributed by atoms with Gasteiger partial charge in [0, 0.05) is 22.7 Å². The second kappa shape index (κ2) is 4.52. The van der Waals surface area contributed by atoms with Crippen LogP contribution in [0.2, 0.25) is 0 Å². The third kappa shape index (κ3) is 2.07. The van der Waals surface area contributed by atoms with E-state index < -0.39 is 5.97 Å². The standard InChI is InChI=1S/C13H13NO4/c1-7-10(6-12(15)16)13(17)9-4-3-8(18-2)5-11(9)14-7/h3-5H,6H2,1-2H3,(H,14,17)(H,15,16). The summed E-state index contributed by atoms with van der Waals surface area (Å²) in [7, 11) is 1.55. The molecule has 0 saturated heterocycles. The van der Waals surface area contributed by atoms with Crippen LogP contribution in [0.15, 0.2) is 23.0 Å². The molecule has 2 aromatic rings. The number of carboxylic acid groups (broad SMARTS) is 1. The number of benzene rings is 1.